The zero-order valence-corrected chi connectivity index (χ0v) is 13.7. The van der Waals surface area contributed by atoms with Crippen LogP contribution in [0.1, 0.15) is 44.2 Å². The molecule has 1 unspecified atom stereocenters. The van der Waals surface area contributed by atoms with E-state index in [1.54, 1.807) is 0 Å². The summed E-state index contributed by atoms with van der Waals surface area (Å²) >= 11 is 0. The maximum atomic E-state index is 11.4. The highest BCUT2D eigenvalue weighted by molar-refractivity contribution is 6.03. The summed E-state index contributed by atoms with van der Waals surface area (Å²) in [7, 11) is 0. The van der Waals surface area contributed by atoms with E-state index in [1.165, 1.54) is 5.56 Å². The molecule has 2 atom stereocenters. The van der Waals surface area contributed by atoms with Gasteiger partial charge in [0.2, 0.25) is 11.8 Å². The molecule has 0 radical (unpaired) electrons. The Morgan fingerprint density at radius 1 is 1.22 bits per heavy atom. The first-order valence-corrected chi connectivity index (χ1v) is 8.36. The van der Waals surface area contributed by atoms with E-state index in [4.69, 9.17) is 4.74 Å². The first-order chi connectivity index (χ1) is 11.2. The van der Waals surface area contributed by atoms with Crippen molar-refractivity contribution in [2.24, 2.45) is 5.92 Å². The number of imide groups is 1. The average molecular weight is 318 g/mol. The first-order valence-electron chi connectivity index (χ1n) is 8.36. The molecule has 0 bridgehead atoms. The average Bonchev–Trinajstić information content (AvgIpc) is 2.88. The summed E-state index contributed by atoms with van der Waals surface area (Å²) in [5.41, 5.74) is 1.31. The Balaban J connectivity index is 1.45. The van der Waals surface area contributed by atoms with Crippen molar-refractivity contribution in [3.8, 4) is 0 Å². The quantitative estimate of drug-likeness (QED) is 0.512. The molecule has 0 spiro atoms. The minimum absolute atomic E-state index is 0.192. The van der Waals surface area contributed by atoms with Crippen LogP contribution in [-0.4, -0.2) is 31.6 Å². The second kappa shape index (κ2) is 9.43. The summed E-state index contributed by atoms with van der Waals surface area (Å²) in [5.74, 6) is -0.688. The second-order valence-corrected chi connectivity index (χ2v) is 6.04. The van der Waals surface area contributed by atoms with Gasteiger partial charge in [-0.2, -0.15) is 0 Å². The molecule has 5 nitrogen and oxygen atoms in total. The van der Waals surface area contributed by atoms with Crippen molar-refractivity contribution in [1.29, 1.82) is 0 Å². The number of carbonyl (C=O) groups excluding carboxylic acids is 2. The fourth-order valence-corrected chi connectivity index (χ4v) is 2.65. The van der Waals surface area contributed by atoms with Crippen LogP contribution in [0, 0.1) is 5.92 Å². The number of benzene rings is 1. The molecule has 5 heteroatoms. The van der Waals surface area contributed by atoms with Gasteiger partial charge in [-0.1, -0.05) is 30.3 Å². The lowest BCUT2D eigenvalue weighted by atomic mass is 10.1. The minimum Gasteiger partial charge on any atom is -0.381 e. The van der Waals surface area contributed by atoms with E-state index in [0.717, 1.165) is 25.8 Å². The molecule has 1 fully saturated rings. The number of carbonyl (C=O) groups is 2. The van der Waals surface area contributed by atoms with E-state index < -0.39 is 0 Å². The maximum Gasteiger partial charge on any atom is 0.232 e. The van der Waals surface area contributed by atoms with Gasteiger partial charge in [-0.15, -0.1) is 0 Å². The summed E-state index contributed by atoms with van der Waals surface area (Å²) in [6.45, 7) is 4.15. The predicted molar refractivity (Wildman–Crippen MR) is 88.8 cm³/mol. The van der Waals surface area contributed by atoms with E-state index in [2.05, 4.69) is 41.8 Å². The first kappa shape index (κ1) is 17.6. The number of ether oxygens (including phenoxy) is 1. The van der Waals surface area contributed by atoms with Gasteiger partial charge in [-0.3, -0.25) is 14.9 Å². The Bertz CT molecular complexity index is 504. The largest absolute Gasteiger partial charge is 0.381 e. The van der Waals surface area contributed by atoms with E-state index in [1.807, 2.05) is 6.07 Å². The predicted octanol–water partition coefficient (Wildman–Crippen LogP) is 2.19. The van der Waals surface area contributed by atoms with Gasteiger partial charge < -0.3 is 10.1 Å². The SMILES string of the molecule is C[C@@H](NCCCCCOCC1CC(=O)NC1=O)c1ccccc1. The molecule has 2 amide bonds. The zero-order valence-electron chi connectivity index (χ0n) is 13.7. The fraction of sp³-hybridized carbons (Fsp3) is 0.556. The molecule has 1 aromatic carbocycles. The van der Waals surface area contributed by atoms with Gasteiger partial charge in [0.15, 0.2) is 0 Å². The Morgan fingerprint density at radius 3 is 2.70 bits per heavy atom. The third-order valence-electron chi connectivity index (χ3n) is 4.10. The lowest BCUT2D eigenvalue weighted by Gasteiger charge is -2.14. The van der Waals surface area contributed by atoms with Crippen molar-refractivity contribution in [2.45, 2.75) is 38.6 Å². The van der Waals surface area contributed by atoms with Crippen LogP contribution >= 0.6 is 0 Å². The van der Waals surface area contributed by atoms with E-state index >= 15 is 0 Å². The van der Waals surface area contributed by atoms with Crippen molar-refractivity contribution < 1.29 is 14.3 Å². The molecule has 2 N–H and O–H groups in total. The summed E-state index contributed by atoms with van der Waals surface area (Å²) in [6, 6.07) is 10.8. The molecule has 0 aromatic heterocycles. The molecule has 1 saturated heterocycles. The molecular weight excluding hydrogens is 292 g/mol. The number of unbranched alkanes of at least 4 members (excludes halogenated alkanes) is 2. The van der Waals surface area contributed by atoms with Crippen molar-refractivity contribution in [1.82, 2.24) is 10.6 Å². The van der Waals surface area contributed by atoms with Crippen LogP contribution in [0.25, 0.3) is 0 Å². The van der Waals surface area contributed by atoms with Crippen molar-refractivity contribution >= 4 is 11.8 Å². The van der Waals surface area contributed by atoms with Crippen LogP contribution in [-0.2, 0) is 14.3 Å². The van der Waals surface area contributed by atoms with Crippen LogP contribution in [0.3, 0.4) is 0 Å². The van der Waals surface area contributed by atoms with Gasteiger partial charge in [-0.25, -0.2) is 0 Å². The smallest absolute Gasteiger partial charge is 0.232 e. The Morgan fingerprint density at radius 2 is 2.00 bits per heavy atom. The van der Waals surface area contributed by atoms with Crippen LogP contribution in [0.4, 0.5) is 0 Å². The Kier molecular flexibility index (Phi) is 7.23. The highest BCUT2D eigenvalue weighted by Crippen LogP contribution is 2.12. The third kappa shape index (κ3) is 6.12. The molecule has 2 rings (SSSR count). The number of rotatable bonds is 10. The number of hydrogen-bond donors (Lipinski definition) is 2. The summed E-state index contributed by atoms with van der Waals surface area (Å²) in [5, 5.41) is 5.81. The summed E-state index contributed by atoms with van der Waals surface area (Å²) in [4.78, 5) is 22.4. The minimum atomic E-state index is -0.295. The molecule has 0 aliphatic carbocycles. The number of nitrogens with one attached hydrogen (secondary N) is 2. The van der Waals surface area contributed by atoms with Gasteiger partial charge in [-0.05, 0) is 38.3 Å². The zero-order chi connectivity index (χ0) is 16.5. The second-order valence-electron chi connectivity index (χ2n) is 6.04. The van der Waals surface area contributed by atoms with Crippen molar-refractivity contribution in [2.75, 3.05) is 19.8 Å². The molecule has 23 heavy (non-hydrogen) atoms. The number of hydrogen-bond acceptors (Lipinski definition) is 4. The summed E-state index contributed by atoms with van der Waals surface area (Å²) in [6.07, 6.45) is 3.43. The van der Waals surface area contributed by atoms with Crippen LogP contribution in [0.15, 0.2) is 30.3 Å². The fourth-order valence-electron chi connectivity index (χ4n) is 2.65. The lowest BCUT2D eigenvalue weighted by Crippen LogP contribution is -2.24. The molecule has 1 aliphatic rings. The maximum absolute atomic E-state index is 11.4. The molecule has 1 aromatic rings. The monoisotopic (exact) mass is 318 g/mol. The molecular formula is C18H26N2O3. The molecule has 126 valence electrons. The third-order valence-corrected chi connectivity index (χ3v) is 4.10. The van der Waals surface area contributed by atoms with Gasteiger partial charge >= 0.3 is 0 Å². The topological polar surface area (TPSA) is 67.4 Å². The van der Waals surface area contributed by atoms with Crippen molar-refractivity contribution in [3.63, 3.8) is 0 Å². The normalized spacial score (nSPS) is 18.9. The van der Waals surface area contributed by atoms with Crippen LogP contribution in [0.5, 0.6) is 0 Å². The standard InChI is InChI=1S/C18H26N2O3/c1-14(15-8-4-2-5-9-15)19-10-6-3-7-11-23-13-16-12-17(21)20-18(16)22/h2,4-5,8-9,14,16,19H,3,6-7,10-13H2,1H3,(H,20,21,22)/t14-,16?/m1/s1. The van der Waals surface area contributed by atoms with Crippen LogP contribution < -0.4 is 10.6 Å². The van der Waals surface area contributed by atoms with Crippen molar-refractivity contribution in [3.05, 3.63) is 35.9 Å². The van der Waals surface area contributed by atoms with E-state index in [-0.39, 0.29) is 24.2 Å². The van der Waals surface area contributed by atoms with Gasteiger partial charge in [0.25, 0.3) is 0 Å². The van der Waals surface area contributed by atoms with Gasteiger partial charge in [0.1, 0.15) is 0 Å². The highest BCUT2D eigenvalue weighted by Gasteiger charge is 2.30. The molecule has 1 aliphatic heterocycles. The highest BCUT2D eigenvalue weighted by atomic mass is 16.5. The molecule has 0 saturated carbocycles. The van der Waals surface area contributed by atoms with Crippen LogP contribution in [0.2, 0.25) is 0 Å². The summed E-state index contributed by atoms with van der Waals surface area (Å²) < 4.78 is 5.50. The Labute approximate surface area is 137 Å². The van der Waals surface area contributed by atoms with E-state index in [0.29, 0.717) is 19.3 Å². The number of amides is 2. The lowest BCUT2D eigenvalue weighted by molar-refractivity contribution is -0.126. The van der Waals surface area contributed by atoms with Gasteiger partial charge in [0, 0.05) is 19.1 Å². The van der Waals surface area contributed by atoms with E-state index in [9.17, 15) is 9.59 Å². The Hall–Kier alpha value is -1.72. The van der Waals surface area contributed by atoms with Gasteiger partial charge in [0.05, 0.1) is 12.5 Å². The molecule has 1 heterocycles.